The second-order valence-electron chi connectivity index (χ2n) is 8.14. The summed E-state index contributed by atoms with van der Waals surface area (Å²) >= 11 is 1.51. The third-order valence-corrected chi connectivity index (χ3v) is 8.43. The molecule has 0 amide bonds. The van der Waals surface area contributed by atoms with E-state index in [1.165, 1.54) is 17.3 Å². The van der Waals surface area contributed by atoms with Crippen molar-refractivity contribution in [3.8, 4) is 22.5 Å². The molecule has 2 aliphatic heterocycles. The third-order valence-electron chi connectivity index (χ3n) is 6.04. The van der Waals surface area contributed by atoms with Gasteiger partial charge in [-0.2, -0.15) is 5.21 Å². The monoisotopic (exact) mass is 471 g/mol. The van der Waals surface area contributed by atoms with Gasteiger partial charge in [-0.15, -0.1) is 22.0 Å². The Bertz CT molecular complexity index is 1190. The molecule has 168 valence electrons. The summed E-state index contributed by atoms with van der Waals surface area (Å²) in [5.41, 5.74) is 3.28. The Labute approximate surface area is 191 Å². The normalized spacial score (nSPS) is 17.9. The molecule has 5 N–H and O–H groups in total. The molecule has 3 heterocycles. The number of rotatable bonds is 6. The first kappa shape index (κ1) is 21.5. The summed E-state index contributed by atoms with van der Waals surface area (Å²) in [6.45, 7) is 3.71. The molecule has 2 fully saturated rings. The van der Waals surface area contributed by atoms with Crippen molar-refractivity contribution in [3.05, 3.63) is 42.0 Å². The number of tetrazole rings is 1. The minimum absolute atomic E-state index is 0.0516. The molecule has 0 atom stereocenters. The molecule has 0 unspecified atom stereocenters. The van der Waals surface area contributed by atoms with E-state index in [0.717, 1.165) is 44.6 Å². The fourth-order valence-electron chi connectivity index (χ4n) is 4.28. The highest BCUT2D eigenvalue weighted by molar-refractivity contribution is 8.00. The quantitative estimate of drug-likeness (QED) is 0.426. The Morgan fingerprint density at radius 2 is 1.75 bits per heavy atom. The van der Waals surface area contributed by atoms with Gasteiger partial charge in [0.05, 0.1) is 5.56 Å². The van der Waals surface area contributed by atoms with Gasteiger partial charge in [0.15, 0.2) is 0 Å². The number of piperidine rings is 1. The first-order chi connectivity index (χ1) is 15.5. The number of thioether (sulfide) groups is 1. The molecular weight excluding hydrogens is 446 g/mol. The molecule has 0 radical (unpaired) electrons. The lowest BCUT2D eigenvalue weighted by Crippen LogP contribution is -2.44. The molecule has 0 saturated carbocycles. The fourth-order valence-corrected chi connectivity index (χ4v) is 6.73. The molecule has 2 aromatic carbocycles. The predicted octanol–water partition coefficient (Wildman–Crippen LogP) is 1.71. The first-order valence-electron chi connectivity index (χ1n) is 10.6. The Balaban J connectivity index is 1.62. The number of aromatic amines is 1. The number of hydrogen-bond acceptors (Lipinski definition) is 8. The minimum Gasteiger partial charge on any atom is -0.317 e. The van der Waals surface area contributed by atoms with Crippen molar-refractivity contribution in [2.24, 2.45) is 5.14 Å². The zero-order valence-electron chi connectivity index (χ0n) is 17.4. The third kappa shape index (κ3) is 4.30. The molecule has 32 heavy (non-hydrogen) atoms. The van der Waals surface area contributed by atoms with Crippen LogP contribution in [0.5, 0.6) is 0 Å². The summed E-state index contributed by atoms with van der Waals surface area (Å²) in [7, 11) is -4.05. The van der Waals surface area contributed by atoms with Crippen molar-refractivity contribution in [1.29, 1.82) is 0 Å². The zero-order valence-corrected chi connectivity index (χ0v) is 19.0. The summed E-state index contributed by atoms with van der Waals surface area (Å²) in [4.78, 5) is 0.657. The molecule has 0 spiro atoms. The second-order valence-corrected chi connectivity index (χ2v) is 11.0. The standard InChI is InChI=1S/C21H25N7O2S2/c22-32(29,30)20-18(31-16-11-24-12-16)6-5-17(19(20)21-25-27-28-26-21)15-3-1-13(2-4-15)14-7-9-23-10-8-14/h1-6,14,16,23-24H,7-12H2,(H2,22,29,30)(H,25,26,27,28). The van der Waals surface area contributed by atoms with Gasteiger partial charge in [0.25, 0.3) is 0 Å². The van der Waals surface area contributed by atoms with Crippen LogP contribution in [0.3, 0.4) is 0 Å². The Hall–Kier alpha value is -2.31. The number of nitrogens with one attached hydrogen (secondary N) is 3. The largest absolute Gasteiger partial charge is 0.317 e. The second kappa shape index (κ2) is 8.91. The van der Waals surface area contributed by atoms with Crippen LogP contribution in [-0.4, -0.2) is 60.5 Å². The minimum atomic E-state index is -4.05. The zero-order chi connectivity index (χ0) is 22.1. The van der Waals surface area contributed by atoms with Gasteiger partial charge < -0.3 is 10.6 Å². The lowest BCUT2D eigenvalue weighted by Gasteiger charge is -2.27. The average molecular weight is 472 g/mol. The highest BCUT2D eigenvalue weighted by Gasteiger charge is 2.29. The van der Waals surface area contributed by atoms with Crippen LogP contribution in [0.25, 0.3) is 22.5 Å². The van der Waals surface area contributed by atoms with Crippen LogP contribution >= 0.6 is 11.8 Å². The van der Waals surface area contributed by atoms with Gasteiger partial charge in [0.1, 0.15) is 4.90 Å². The molecule has 2 aliphatic rings. The molecule has 0 aliphatic carbocycles. The molecule has 9 nitrogen and oxygen atoms in total. The van der Waals surface area contributed by atoms with Crippen LogP contribution in [-0.2, 0) is 10.0 Å². The Morgan fingerprint density at radius 1 is 1.00 bits per heavy atom. The topological polar surface area (TPSA) is 139 Å². The summed E-state index contributed by atoms with van der Waals surface area (Å²) < 4.78 is 25.5. The van der Waals surface area contributed by atoms with E-state index in [1.54, 1.807) is 0 Å². The highest BCUT2D eigenvalue weighted by atomic mass is 32.2. The van der Waals surface area contributed by atoms with E-state index < -0.39 is 10.0 Å². The molecule has 5 rings (SSSR count). The number of hydrogen-bond donors (Lipinski definition) is 4. The van der Waals surface area contributed by atoms with E-state index in [1.807, 2.05) is 24.3 Å². The van der Waals surface area contributed by atoms with Gasteiger partial charge in [0.2, 0.25) is 15.8 Å². The van der Waals surface area contributed by atoms with E-state index in [-0.39, 0.29) is 10.7 Å². The molecule has 2 saturated heterocycles. The number of aromatic nitrogens is 4. The van der Waals surface area contributed by atoms with Crippen molar-refractivity contribution in [2.75, 3.05) is 26.2 Å². The maximum Gasteiger partial charge on any atom is 0.239 e. The van der Waals surface area contributed by atoms with Crippen LogP contribution in [0.4, 0.5) is 0 Å². The van der Waals surface area contributed by atoms with Gasteiger partial charge in [-0.1, -0.05) is 30.3 Å². The van der Waals surface area contributed by atoms with Gasteiger partial charge in [-0.25, -0.2) is 13.6 Å². The highest BCUT2D eigenvalue weighted by Crippen LogP contribution is 2.42. The smallest absolute Gasteiger partial charge is 0.239 e. The van der Waals surface area contributed by atoms with Crippen molar-refractivity contribution < 1.29 is 8.42 Å². The van der Waals surface area contributed by atoms with Crippen molar-refractivity contribution in [3.63, 3.8) is 0 Å². The van der Waals surface area contributed by atoms with Gasteiger partial charge in [0, 0.05) is 23.2 Å². The molecule has 3 aromatic rings. The van der Waals surface area contributed by atoms with E-state index in [9.17, 15) is 8.42 Å². The lowest BCUT2D eigenvalue weighted by atomic mass is 9.89. The lowest BCUT2D eigenvalue weighted by molar-refractivity contribution is 0.460. The van der Waals surface area contributed by atoms with Gasteiger partial charge in [-0.3, -0.25) is 0 Å². The fraction of sp³-hybridized carbons (Fsp3) is 0.381. The summed E-state index contributed by atoms with van der Waals surface area (Å²) in [6.07, 6.45) is 2.23. The van der Waals surface area contributed by atoms with Crippen LogP contribution in [0.15, 0.2) is 46.2 Å². The average Bonchev–Trinajstić information content (AvgIpc) is 3.30. The number of H-pyrrole nitrogens is 1. The summed E-state index contributed by atoms with van der Waals surface area (Å²) in [5, 5.41) is 26.9. The van der Waals surface area contributed by atoms with Crippen LogP contribution in [0, 0.1) is 0 Å². The molecule has 0 bridgehead atoms. The van der Waals surface area contributed by atoms with E-state index in [2.05, 4.69) is 43.4 Å². The number of benzene rings is 2. The molecular formula is C21H25N7O2S2. The van der Waals surface area contributed by atoms with E-state index in [0.29, 0.717) is 27.2 Å². The maximum atomic E-state index is 12.8. The van der Waals surface area contributed by atoms with Crippen molar-refractivity contribution in [1.82, 2.24) is 31.3 Å². The SMILES string of the molecule is NS(=O)(=O)c1c(SC2CNC2)ccc(-c2ccc(C3CCNCC3)cc2)c1-c1nn[nH]n1. The maximum absolute atomic E-state index is 12.8. The van der Waals surface area contributed by atoms with Gasteiger partial charge >= 0.3 is 0 Å². The van der Waals surface area contributed by atoms with Crippen molar-refractivity contribution >= 4 is 21.8 Å². The predicted molar refractivity (Wildman–Crippen MR) is 124 cm³/mol. The van der Waals surface area contributed by atoms with E-state index in [4.69, 9.17) is 5.14 Å². The van der Waals surface area contributed by atoms with Crippen molar-refractivity contribution in [2.45, 2.75) is 33.8 Å². The number of sulfonamides is 1. The van der Waals surface area contributed by atoms with Crippen LogP contribution < -0.4 is 15.8 Å². The van der Waals surface area contributed by atoms with Crippen LogP contribution in [0.2, 0.25) is 0 Å². The number of nitrogens with two attached hydrogens (primary N) is 1. The molecule has 11 heteroatoms. The summed E-state index contributed by atoms with van der Waals surface area (Å²) in [5.74, 6) is 0.748. The van der Waals surface area contributed by atoms with Gasteiger partial charge in [-0.05, 0) is 59.8 Å². The number of primary sulfonamides is 1. The molecule has 1 aromatic heterocycles. The summed E-state index contributed by atoms with van der Waals surface area (Å²) in [6, 6.07) is 12.1. The van der Waals surface area contributed by atoms with Crippen LogP contribution in [0.1, 0.15) is 24.3 Å². The Kier molecular flexibility index (Phi) is 5.99. The van der Waals surface area contributed by atoms with E-state index >= 15 is 0 Å². The Morgan fingerprint density at radius 3 is 2.34 bits per heavy atom. The number of nitrogens with zero attached hydrogens (tertiary/aromatic N) is 3. The first-order valence-corrected chi connectivity index (χ1v) is 13.1.